The number of aromatic nitrogens is 1. The highest BCUT2D eigenvalue weighted by atomic mass is 32.1. The van der Waals surface area contributed by atoms with Gasteiger partial charge in [-0.15, -0.1) is 11.3 Å². The van der Waals surface area contributed by atoms with Gasteiger partial charge in [0.1, 0.15) is 0 Å². The molecule has 14 heavy (non-hydrogen) atoms. The molecule has 0 saturated heterocycles. The molecule has 1 aromatic heterocycles. The molecule has 1 N–H and O–H groups in total. The van der Waals surface area contributed by atoms with Crippen molar-refractivity contribution in [3.63, 3.8) is 0 Å². The van der Waals surface area contributed by atoms with E-state index >= 15 is 0 Å². The summed E-state index contributed by atoms with van der Waals surface area (Å²) in [6.07, 6.45) is 0.621. The lowest BCUT2D eigenvalue weighted by molar-refractivity contribution is 0.317. The molecule has 3 nitrogen and oxygen atoms in total. The molecule has 0 aliphatic carbocycles. The van der Waals surface area contributed by atoms with Crippen LogP contribution < -0.4 is 0 Å². The van der Waals surface area contributed by atoms with Gasteiger partial charge in [0, 0.05) is 6.42 Å². The lowest BCUT2D eigenvalue weighted by atomic mass is 10.3. The van der Waals surface area contributed by atoms with E-state index < -0.39 is 0 Å². The van der Waals surface area contributed by atoms with E-state index in [1.54, 1.807) is 18.3 Å². The largest absolute Gasteiger partial charge is 0.411 e. The number of nitrogens with zero attached hydrogens (tertiary/aromatic N) is 2. The quantitative estimate of drug-likeness (QED) is 0.466. The molecule has 2 aromatic rings. The maximum Gasteiger partial charge on any atom is 0.0995 e. The van der Waals surface area contributed by atoms with Gasteiger partial charge in [-0.3, -0.25) is 0 Å². The summed E-state index contributed by atoms with van der Waals surface area (Å²) < 4.78 is 1.17. The molecule has 0 spiro atoms. The van der Waals surface area contributed by atoms with Crippen molar-refractivity contribution in [2.75, 3.05) is 0 Å². The smallest absolute Gasteiger partial charge is 0.0995 e. The van der Waals surface area contributed by atoms with E-state index in [1.165, 1.54) is 4.70 Å². The first-order chi connectivity index (χ1) is 6.79. The minimum atomic E-state index is 0.621. The Labute approximate surface area is 85.7 Å². The minimum absolute atomic E-state index is 0.621. The maximum atomic E-state index is 8.54. The molecule has 1 aromatic carbocycles. The fourth-order valence-corrected chi connectivity index (χ4v) is 2.29. The third-order valence-electron chi connectivity index (χ3n) is 1.92. The van der Waals surface area contributed by atoms with Gasteiger partial charge in [-0.1, -0.05) is 17.3 Å². The third kappa shape index (κ3) is 1.75. The highest BCUT2D eigenvalue weighted by Crippen LogP contribution is 2.21. The summed E-state index contributed by atoms with van der Waals surface area (Å²) in [5.41, 5.74) is 1.70. The third-order valence-corrected chi connectivity index (χ3v) is 2.95. The molecule has 0 saturated carbocycles. The Balaban J connectivity index is 2.36. The Morgan fingerprint density at radius 3 is 3.00 bits per heavy atom. The summed E-state index contributed by atoms with van der Waals surface area (Å²) in [5, 5.41) is 12.7. The second kappa shape index (κ2) is 3.75. The number of fused-ring (bicyclic) bond motifs is 1. The molecule has 0 radical (unpaired) electrons. The molecule has 0 aliphatic rings. The molecular formula is C10H10N2OS. The first-order valence-corrected chi connectivity index (χ1v) is 5.13. The molecule has 0 fully saturated rings. The first kappa shape index (κ1) is 9.15. The number of rotatable bonds is 2. The maximum absolute atomic E-state index is 8.54. The van der Waals surface area contributed by atoms with Gasteiger partial charge in [-0.25, -0.2) is 4.98 Å². The number of para-hydroxylation sites is 1. The highest BCUT2D eigenvalue weighted by Gasteiger charge is 2.04. The van der Waals surface area contributed by atoms with Crippen LogP contribution in [0.2, 0.25) is 0 Å². The zero-order chi connectivity index (χ0) is 9.97. The number of hydrogen-bond acceptors (Lipinski definition) is 4. The minimum Gasteiger partial charge on any atom is -0.411 e. The second-order valence-electron chi connectivity index (χ2n) is 3.09. The first-order valence-electron chi connectivity index (χ1n) is 4.31. The van der Waals surface area contributed by atoms with E-state index in [-0.39, 0.29) is 0 Å². The van der Waals surface area contributed by atoms with Crippen LogP contribution in [0.1, 0.15) is 11.9 Å². The SMILES string of the molecule is C/C(Cc1nc2ccccc2s1)=N\O. The van der Waals surface area contributed by atoms with Crippen LogP contribution in [0.15, 0.2) is 29.4 Å². The van der Waals surface area contributed by atoms with Crippen LogP contribution in [0.25, 0.3) is 10.2 Å². The fourth-order valence-electron chi connectivity index (χ4n) is 1.25. The van der Waals surface area contributed by atoms with E-state index in [0.29, 0.717) is 12.1 Å². The standard InChI is InChI=1S/C10H10N2OS/c1-7(12-13)6-10-11-8-4-2-3-5-9(8)14-10/h2-5,13H,6H2,1H3/b12-7+. The van der Waals surface area contributed by atoms with Crippen molar-refractivity contribution >= 4 is 27.3 Å². The van der Waals surface area contributed by atoms with Gasteiger partial charge in [-0.05, 0) is 19.1 Å². The summed E-state index contributed by atoms with van der Waals surface area (Å²) >= 11 is 1.64. The zero-order valence-electron chi connectivity index (χ0n) is 7.77. The fraction of sp³-hybridized carbons (Fsp3) is 0.200. The van der Waals surface area contributed by atoms with Gasteiger partial charge in [0.15, 0.2) is 0 Å². The van der Waals surface area contributed by atoms with E-state index in [9.17, 15) is 0 Å². The second-order valence-corrected chi connectivity index (χ2v) is 4.20. The van der Waals surface area contributed by atoms with Gasteiger partial charge in [0.05, 0.1) is 20.9 Å². The predicted octanol–water partition coefficient (Wildman–Crippen LogP) is 2.69. The molecule has 0 unspecified atom stereocenters. The average molecular weight is 206 g/mol. The molecule has 1 heterocycles. The van der Waals surface area contributed by atoms with E-state index in [4.69, 9.17) is 5.21 Å². The molecule has 0 bridgehead atoms. The summed E-state index contributed by atoms with van der Waals surface area (Å²) in [6, 6.07) is 8.00. The van der Waals surface area contributed by atoms with E-state index in [2.05, 4.69) is 10.1 Å². The summed E-state index contributed by atoms with van der Waals surface area (Å²) in [4.78, 5) is 4.43. The van der Waals surface area contributed by atoms with Gasteiger partial charge in [-0.2, -0.15) is 0 Å². The Hall–Kier alpha value is -1.42. The van der Waals surface area contributed by atoms with E-state index in [1.807, 2.05) is 24.3 Å². The molecular weight excluding hydrogens is 196 g/mol. The lowest BCUT2D eigenvalue weighted by Crippen LogP contribution is -1.95. The normalized spacial score (nSPS) is 12.2. The highest BCUT2D eigenvalue weighted by molar-refractivity contribution is 7.18. The predicted molar refractivity (Wildman–Crippen MR) is 58.2 cm³/mol. The average Bonchev–Trinajstić information content (AvgIpc) is 2.59. The molecule has 72 valence electrons. The van der Waals surface area contributed by atoms with Gasteiger partial charge in [0.2, 0.25) is 0 Å². The van der Waals surface area contributed by atoms with Crippen LogP contribution in [-0.2, 0) is 6.42 Å². The zero-order valence-corrected chi connectivity index (χ0v) is 8.58. The van der Waals surface area contributed by atoms with Crippen LogP contribution in [0.4, 0.5) is 0 Å². The molecule has 0 atom stereocenters. The van der Waals surface area contributed by atoms with Crippen LogP contribution in [-0.4, -0.2) is 15.9 Å². The van der Waals surface area contributed by atoms with Crippen molar-refractivity contribution in [3.8, 4) is 0 Å². The van der Waals surface area contributed by atoms with Gasteiger partial charge in [0.25, 0.3) is 0 Å². The Morgan fingerprint density at radius 2 is 2.29 bits per heavy atom. The summed E-state index contributed by atoms with van der Waals surface area (Å²) in [7, 11) is 0. The number of thiazole rings is 1. The van der Waals surface area contributed by atoms with Crippen molar-refractivity contribution in [2.45, 2.75) is 13.3 Å². The summed E-state index contributed by atoms with van der Waals surface area (Å²) in [6.45, 7) is 1.78. The van der Waals surface area contributed by atoms with Crippen LogP contribution in [0.5, 0.6) is 0 Å². The van der Waals surface area contributed by atoms with Crippen LogP contribution >= 0.6 is 11.3 Å². The Kier molecular flexibility index (Phi) is 2.45. The monoisotopic (exact) mass is 206 g/mol. The van der Waals surface area contributed by atoms with E-state index in [0.717, 1.165) is 10.5 Å². The summed E-state index contributed by atoms with van der Waals surface area (Å²) in [5.74, 6) is 0. The van der Waals surface area contributed by atoms with Crippen molar-refractivity contribution in [1.82, 2.24) is 4.98 Å². The molecule has 2 rings (SSSR count). The van der Waals surface area contributed by atoms with Gasteiger partial charge < -0.3 is 5.21 Å². The van der Waals surface area contributed by atoms with Crippen molar-refractivity contribution in [1.29, 1.82) is 0 Å². The van der Waals surface area contributed by atoms with Crippen molar-refractivity contribution < 1.29 is 5.21 Å². The van der Waals surface area contributed by atoms with Crippen molar-refractivity contribution in [3.05, 3.63) is 29.3 Å². The van der Waals surface area contributed by atoms with Crippen molar-refractivity contribution in [2.24, 2.45) is 5.16 Å². The molecule has 0 amide bonds. The number of oxime groups is 1. The lowest BCUT2D eigenvalue weighted by Gasteiger charge is -1.90. The molecule has 0 aliphatic heterocycles. The van der Waals surface area contributed by atoms with Gasteiger partial charge >= 0.3 is 0 Å². The topological polar surface area (TPSA) is 45.5 Å². The van der Waals surface area contributed by atoms with Crippen LogP contribution in [0, 0.1) is 0 Å². The number of hydrogen-bond donors (Lipinski definition) is 1. The Morgan fingerprint density at radius 1 is 1.50 bits per heavy atom. The number of benzene rings is 1. The molecule has 4 heteroatoms. The Bertz CT molecular complexity index is 443. The van der Waals surface area contributed by atoms with Crippen LogP contribution in [0.3, 0.4) is 0 Å².